The molecule has 1 aliphatic heterocycles. The number of aliphatic carboxylic acids is 3. The van der Waals surface area contributed by atoms with Crippen molar-refractivity contribution in [1.29, 1.82) is 0 Å². The van der Waals surface area contributed by atoms with Crippen LogP contribution in [-0.2, 0) is 19.2 Å². The van der Waals surface area contributed by atoms with E-state index in [1.165, 1.54) is 0 Å². The van der Waals surface area contributed by atoms with E-state index in [0.29, 0.717) is 0 Å². The highest BCUT2D eigenvalue weighted by Crippen LogP contribution is 2.37. The largest absolute Gasteiger partial charge is 0.480 e. The van der Waals surface area contributed by atoms with Crippen LogP contribution in [0.25, 0.3) is 0 Å². The summed E-state index contributed by atoms with van der Waals surface area (Å²) in [5.74, 6) is -5.92. The van der Waals surface area contributed by atoms with Crippen LogP contribution in [0, 0.1) is 0 Å². The van der Waals surface area contributed by atoms with Crippen LogP contribution in [0.3, 0.4) is 0 Å². The molecule has 1 saturated heterocycles. The van der Waals surface area contributed by atoms with Crippen molar-refractivity contribution in [3.05, 3.63) is 0 Å². The van der Waals surface area contributed by atoms with Crippen LogP contribution in [0.5, 0.6) is 0 Å². The Morgan fingerprint density at radius 3 is 1.71 bits per heavy atom. The second-order valence-corrected chi connectivity index (χ2v) is 3.85. The Balaban J connectivity index is 3.00. The molecule has 1 rings (SSSR count). The van der Waals surface area contributed by atoms with Crippen LogP contribution in [-0.4, -0.2) is 50.2 Å². The Morgan fingerprint density at radius 2 is 1.47 bits per heavy atom. The molecule has 17 heavy (non-hydrogen) atoms. The minimum absolute atomic E-state index is 0.676. The van der Waals surface area contributed by atoms with E-state index in [-0.39, 0.29) is 0 Å². The lowest BCUT2D eigenvalue weighted by Crippen LogP contribution is -2.81. The SMILES string of the molecule is NC(=O)C[C@]1(C(=O)O)CC(C(=O)O)(C(=O)O)N1. The number of rotatable bonds is 5. The number of carboxylic acids is 3. The van der Waals surface area contributed by atoms with Gasteiger partial charge in [0.1, 0.15) is 5.54 Å². The maximum atomic E-state index is 10.9. The van der Waals surface area contributed by atoms with Gasteiger partial charge in [0.25, 0.3) is 0 Å². The third-order valence-corrected chi connectivity index (χ3v) is 2.64. The lowest BCUT2D eigenvalue weighted by atomic mass is 9.69. The number of amides is 1. The molecule has 0 saturated carbocycles. The Labute approximate surface area is 94.2 Å². The maximum absolute atomic E-state index is 10.9. The molecule has 1 heterocycles. The fraction of sp³-hybridized carbons (Fsp3) is 0.500. The number of carbonyl (C=O) groups excluding carboxylic acids is 1. The normalized spacial score (nSPS) is 25.6. The summed E-state index contributed by atoms with van der Waals surface area (Å²) in [6.45, 7) is 0. The molecule has 0 radical (unpaired) electrons. The van der Waals surface area contributed by atoms with E-state index in [4.69, 9.17) is 21.1 Å². The Morgan fingerprint density at radius 1 is 1.06 bits per heavy atom. The van der Waals surface area contributed by atoms with Gasteiger partial charge in [0.2, 0.25) is 11.4 Å². The van der Waals surface area contributed by atoms with Gasteiger partial charge < -0.3 is 21.1 Å². The zero-order valence-corrected chi connectivity index (χ0v) is 8.47. The van der Waals surface area contributed by atoms with E-state index >= 15 is 0 Å². The van der Waals surface area contributed by atoms with Crippen molar-refractivity contribution in [3.63, 3.8) is 0 Å². The lowest BCUT2D eigenvalue weighted by Gasteiger charge is -2.49. The molecule has 6 N–H and O–H groups in total. The minimum atomic E-state index is -2.38. The first-order valence-electron chi connectivity index (χ1n) is 4.44. The van der Waals surface area contributed by atoms with Gasteiger partial charge in [-0.25, -0.2) is 9.59 Å². The molecule has 1 atom stereocenters. The van der Waals surface area contributed by atoms with E-state index in [1.54, 1.807) is 0 Å². The lowest BCUT2D eigenvalue weighted by molar-refractivity contribution is -0.177. The third kappa shape index (κ3) is 1.80. The fourth-order valence-electron chi connectivity index (χ4n) is 1.80. The van der Waals surface area contributed by atoms with Gasteiger partial charge >= 0.3 is 17.9 Å². The Hall–Kier alpha value is -2.16. The number of hydrogen-bond acceptors (Lipinski definition) is 5. The molecule has 0 aromatic carbocycles. The van der Waals surface area contributed by atoms with Crippen LogP contribution in [0.2, 0.25) is 0 Å². The zero-order chi connectivity index (χ0) is 13.4. The molecular formula is C8H10N2O7. The minimum Gasteiger partial charge on any atom is -0.480 e. The van der Waals surface area contributed by atoms with Crippen LogP contribution >= 0.6 is 0 Å². The first-order valence-corrected chi connectivity index (χ1v) is 4.44. The average Bonchev–Trinajstić information content (AvgIpc) is 2.07. The second kappa shape index (κ2) is 3.70. The van der Waals surface area contributed by atoms with Gasteiger partial charge in [-0.1, -0.05) is 0 Å². The summed E-state index contributed by atoms with van der Waals surface area (Å²) >= 11 is 0. The summed E-state index contributed by atoms with van der Waals surface area (Å²) in [7, 11) is 0. The molecule has 0 bridgehead atoms. The zero-order valence-electron chi connectivity index (χ0n) is 8.47. The number of nitrogens with two attached hydrogens (primary N) is 1. The van der Waals surface area contributed by atoms with Crippen LogP contribution in [0.1, 0.15) is 12.8 Å². The molecule has 0 aromatic heterocycles. The average molecular weight is 246 g/mol. The van der Waals surface area contributed by atoms with Crippen molar-refractivity contribution in [2.45, 2.75) is 23.9 Å². The molecule has 0 aromatic rings. The predicted octanol–water partition coefficient (Wildman–Crippen LogP) is -2.41. The van der Waals surface area contributed by atoms with Gasteiger partial charge in [0.05, 0.1) is 6.42 Å². The highest BCUT2D eigenvalue weighted by Gasteiger charge is 2.67. The van der Waals surface area contributed by atoms with Crippen molar-refractivity contribution >= 4 is 23.8 Å². The topological polar surface area (TPSA) is 167 Å². The molecule has 9 heteroatoms. The maximum Gasteiger partial charge on any atom is 0.335 e. The molecule has 94 valence electrons. The van der Waals surface area contributed by atoms with E-state index in [1.807, 2.05) is 5.32 Å². The van der Waals surface area contributed by atoms with Crippen LogP contribution < -0.4 is 11.1 Å². The van der Waals surface area contributed by atoms with Gasteiger partial charge in [0, 0.05) is 6.42 Å². The van der Waals surface area contributed by atoms with Crippen molar-refractivity contribution in [2.24, 2.45) is 5.73 Å². The van der Waals surface area contributed by atoms with E-state index in [2.05, 4.69) is 0 Å². The highest BCUT2D eigenvalue weighted by molar-refractivity contribution is 6.08. The monoisotopic (exact) mass is 246 g/mol. The predicted molar refractivity (Wildman–Crippen MR) is 49.9 cm³/mol. The van der Waals surface area contributed by atoms with E-state index in [9.17, 15) is 19.2 Å². The molecular weight excluding hydrogens is 236 g/mol. The quantitative estimate of drug-likeness (QED) is 0.334. The third-order valence-electron chi connectivity index (χ3n) is 2.64. The summed E-state index contributed by atoms with van der Waals surface area (Å²) < 4.78 is 0. The summed E-state index contributed by atoms with van der Waals surface area (Å²) in [4.78, 5) is 43.2. The van der Waals surface area contributed by atoms with E-state index < -0.39 is 47.7 Å². The molecule has 0 aliphatic carbocycles. The van der Waals surface area contributed by atoms with Crippen molar-refractivity contribution in [1.82, 2.24) is 5.32 Å². The van der Waals surface area contributed by atoms with Crippen molar-refractivity contribution in [2.75, 3.05) is 0 Å². The first-order chi connectivity index (χ1) is 7.66. The first kappa shape index (κ1) is 12.9. The van der Waals surface area contributed by atoms with Gasteiger partial charge in [0.15, 0.2) is 0 Å². The number of hydrogen-bond donors (Lipinski definition) is 5. The number of nitrogens with one attached hydrogen (secondary N) is 1. The number of carbonyl (C=O) groups is 4. The molecule has 0 spiro atoms. The Bertz CT molecular complexity index is 394. The smallest absolute Gasteiger partial charge is 0.335 e. The molecule has 0 unspecified atom stereocenters. The van der Waals surface area contributed by atoms with Gasteiger partial charge in [-0.15, -0.1) is 0 Å². The second-order valence-electron chi connectivity index (χ2n) is 3.85. The number of carboxylic acid groups (broad SMARTS) is 3. The van der Waals surface area contributed by atoms with Crippen LogP contribution in [0.4, 0.5) is 0 Å². The van der Waals surface area contributed by atoms with E-state index in [0.717, 1.165) is 0 Å². The molecule has 1 fully saturated rings. The fourth-order valence-corrected chi connectivity index (χ4v) is 1.80. The molecule has 1 aliphatic rings. The van der Waals surface area contributed by atoms with Crippen LogP contribution in [0.15, 0.2) is 0 Å². The highest BCUT2D eigenvalue weighted by atomic mass is 16.4. The molecule has 9 nitrogen and oxygen atoms in total. The summed E-state index contributed by atoms with van der Waals surface area (Å²) in [6, 6.07) is 0. The standard InChI is InChI=1S/C8H10N2O7/c9-3(11)1-7(4(12)13)2-8(10-7,5(14)15)6(16)17/h10H,1-2H2,(H2,9,11)(H,12,13)(H,14,15)(H,16,17)/t7-/m1/s1. The van der Waals surface area contributed by atoms with Crippen molar-refractivity contribution in [3.8, 4) is 0 Å². The summed E-state index contributed by atoms with van der Waals surface area (Å²) in [5, 5.41) is 28.3. The van der Waals surface area contributed by atoms with Gasteiger partial charge in [-0.2, -0.15) is 0 Å². The van der Waals surface area contributed by atoms with Gasteiger partial charge in [-0.05, 0) is 0 Å². The summed E-state index contributed by atoms with van der Waals surface area (Å²) in [6.07, 6.45) is -1.42. The Kier molecular flexibility index (Phi) is 2.81. The summed E-state index contributed by atoms with van der Waals surface area (Å²) in [5.41, 5.74) is 0.520. The van der Waals surface area contributed by atoms with Gasteiger partial charge in [-0.3, -0.25) is 14.9 Å². The molecule has 1 amide bonds. The van der Waals surface area contributed by atoms with Crippen molar-refractivity contribution < 1.29 is 34.5 Å². The number of primary amides is 1.